The number of hydrogen-bond donors (Lipinski definition) is 1. The first-order valence-corrected chi connectivity index (χ1v) is 9.40. The Labute approximate surface area is 153 Å². The molecule has 1 aliphatic heterocycles. The summed E-state index contributed by atoms with van der Waals surface area (Å²) in [5.41, 5.74) is 4.73. The number of thioether (sulfide) groups is 1. The maximum absolute atomic E-state index is 12.5. The van der Waals surface area contributed by atoms with Crippen LogP contribution in [0, 0.1) is 0 Å². The number of rotatable bonds is 4. The number of nitrogens with one attached hydrogen (secondary N) is 1. The van der Waals surface area contributed by atoms with E-state index >= 15 is 0 Å². The maximum Gasteiger partial charge on any atom is 0.285 e. The topological polar surface area (TPSA) is 49.4 Å². The third-order valence-electron chi connectivity index (χ3n) is 3.44. The molecule has 4 nitrogen and oxygen atoms in total. The molecular weight excluding hydrogens is 360 g/mol. The summed E-state index contributed by atoms with van der Waals surface area (Å²) in [6.45, 7) is 2.09. The molecule has 1 N–H and O–H groups in total. The van der Waals surface area contributed by atoms with Crippen LogP contribution in [0.3, 0.4) is 0 Å². The van der Waals surface area contributed by atoms with Gasteiger partial charge in [-0.2, -0.15) is 5.01 Å². The van der Waals surface area contributed by atoms with Gasteiger partial charge in [0.25, 0.3) is 11.8 Å². The summed E-state index contributed by atoms with van der Waals surface area (Å²) in [7, 11) is 0. The third-order valence-corrected chi connectivity index (χ3v) is 5.61. The second kappa shape index (κ2) is 7.29. The van der Waals surface area contributed by atoms with Gasteiger partial charge in [-0.05, 0) is 47.3 Å². The predicted molar refractivity (Wildman–Crippen MR) is 103 cm³/mol. The van der Waals surface area contributed by atoms with Crippen LogP contribution in [0.15, 0.2) is 46.7 Å². The molecule has 2 heterocycles. The van der Waals surface area contributed by atoms with E-state index in [0.29, 0.717) is 14.1 Å². The number of hydrazine groups is 1. The summed E-state index contributed by atoms with van der Waals surface area (Å²) >= 11 is 7.71. The number of nitrogens with zero attached hydrogens (tertiary/aromatic N) is 1. The Bertz CT molecular complexity index is 811. The molecule has 0 unspecified atom stereocenters. The molecule has 3 rings (SSSR count). The number of amides is 2. The molecule has 2 amide bonds. The Hall–Kier alpha value is -1.96. The molecule has 1 aromatic carbocycles. The lowest BCUT2D eigenvalue weighted by atomic mass is 10.1. The predicted octanol–water partition coefficient (Wildman–Crippen LogP) is 3.86. The number of carbonyl (C=O) groups is 2. The van der Waals surface area contributed by atoms with Crippen molar-refractivity contribution in [1.29, 1.82) is 0 Å². The molecule has 24 heavy (non-hydrogen) atoms. The van der Waals surface area contributed by atoms with Crippen LogP contribution in [-0.4, -0.2) is 21.1 Å². The molecule has 0 radical (unpaired) electrons. The first-order chi connectivity index (χ1) is 11.6. The van der Waals surface area contributed by atoms with E-state index in [2.05, 4.69) is 12.3 Å². The molecule has 0 bridgehead atoms. The number of carbonyl (C=O) groups excluding carboxylic acids is 2. The summed E-state index contributed by atoms with van der Waals surface area (Å²) < 4.78 is 0.321. The Balaban J connectivity index is 1.75. The van der Waals surface area contributed by atoms with Crippen LogP contribution in [0.25, 0.3) is 6.08 Å². The van der Waals surface area contributed by atoms with Crippen molar-refractivity contribution in [2.24, 2.45) is 0 Å². The number of hydrogen-bond acceptors (Lipinski definition) is 5. The normalized spacial score (nSPS) is 16.0. The van der Waals surface area contributed by atoms with Gasteiger partial charge in [0.05, 0.1) is 9.78 Å². The summed E-state index contributed by atoms with van der Waals surface area (Å²) in [5, 5.41) is 2.94. The molecule has 2 aromatic rings. The first-order valence-electron chi connectivity index (χ1n) is 7.30. The van der Waals surface area contributed by atoms with Crippen LogP contribution >= 0.6 is 35.3 Å². The van der Waals surface area contributed by atoms with E-state index in [0.717, 1.165) is 17.0 Å². The zero-order valence-electron chi connectivity index (χ0n) is 12.8. The van der Waals surface area contributed by atoms with E-state index in [-0.39, 0.29) is 11.8 Å². The van der Waals surface area contributed by atoms with Crippen molar-refractivity contribution in [2.45, 2.75) is 13.3 Å². The van der Waals surface area contributed by atoms with Crippen LogP contribution in [-0.2, 0) is 11.2 Å². The van der Waals surface area contributed by atoms with Gasteiger partial charge in [-0.15, -0.1) is 11.3 Å². The van der Waals surface area contributed by atoms with Gasteiger partial charge >= 0.3 is 0 Å². The quantitative estimate of drug-likeness (QED) is 0.652. The van der Waals surface area contributed by atoms with E-state index < -0.39 is 0 Å². The van der Waals surface area contributed by atoms with Gasteiger partial charge in [-0.25, -0.2) is 0 Å². The number of thiophene rings is 1. The van der Waals surface area contributed by atoms with E-state index in [4.69, 9.17) is 12.2 Å². The minimum atomic E-state index is -0.338. The van der Waals surface area contributed by atoms with Crippen molar-refractivity contribution in [3.63, 3.8) is 0 Å². The molecule has 1 saturated heterocycles. The third kappa shape index (κ3) is 3.58. The molecule has 7 heteroatoms. The smallest absolute Gasteiger partial charge is 0.266 e. The average molecular weight is 375 g/mol. The summed E-state index contributed by atoms with van der Waals surface area (Å²) in [5.74, 6) is -0.649. The lowest BCUT2D eigenvalue weighted by Crippen LogP contribution is -2.44. The summed E-state index contributed by atoms with van der Waals surface area (Å²) in [6, 6.07) is 11.5. The van der Waals surface area contributed by atoms with E-state index in [1.807, 2.05) is 24.3 Å². The van der Waals surface area contributed by atoms with Crippen molar-refractivity contribution < 1.29 is 9.59 Å². The van der Waals surface area contributed by atoms with Gasteiger partial charge < -0.3 is 0 Å². The van der Waals surface area contributed by atoms with Gasteiger partial charge in [0.1, 0.15) is 0 Å². The number of aryl methyl sites for hydroxylation is 1. The Morgan fingerprint density at radius 3 is 2.67 bits per heavy atom. The van der Waals surface area contributed by atoms with E-state index in [1.54, 1.807) is 23.6 Å². The van der Waals surface area contributed by atoms with E-state index in [9.17, 15) is 9.59 Å². The van der Waals surface area contributed by atoms with Gasteiger partial charge in [0.15, 0.2) is 4.32 Å². The monoisotopic (exact) mass is 374 g/mol. The van der Waals surface area contributed by atoms with Crippen molar-refractivity contribution in [3.8, 4) is 0 Å². The Morgan fingerprint density at radius 1 is 1.29 bits per heavy atom. The molecule has 0 aliphatic carbocycles. The highest BCUT2D eigenvalue weighted by atomic mass is 32.2. The van der Waals surface area contributed by atoms with Gasteiger partial charge in [-0.3, -0.25) is 15.0 Å². The Kier molecular flexibility index (Phi) is 5.13. The van der Waals surface area contributed by atoms with Crippen LogP contribution < -0.4 is 5.43 Å². The SMILES string of the molecule is CCc1ccc(/C=C2\SC(=S)N(NC(=O)c3cccs3)C2=O)cc1. The first kappa shape index (κ1) is 16.9. The number of thiocarbonyl (C=S) groups is 1. The Morgan fingerprint density at radius 2 is 2.04 bits per heavy atom. The van der Waals surface area contributed by atoms with Crippen molar-refractivity contribution in [2.75, 3.05) is 0 Å². The minimum absolute atomic E-state index is 0.311. The lowest BCUT2D eigenvalue weighted by molar-refractivity contribution is -0.123. The van der Waals surface area contributed by atoms with Gasteiger partial charge in [0, 0.05) is 0 Å². The summed E-state index contributed by atoms with van der Waals surface area (Å²) in [4.78, 5) is 25.6. The average Bonchev–Trinajstić information content (AvgIpc) is 3.20. The molecule has 0 atom stereocenters. The van der Waals surface area contributed by atoms with Crippen molar-refractivity contribution in [1.82, 2.24) is 10.4 Å². The fourth-order valence-electron chi connectivity index (χ4n) is 2.13. The second-order valence-corrected chi connectivity index (χ2v) is 7.65. The van der Waals surface area contributed by atoms with Gasteiger partial charge in [-0.1, -0.05) is 49.0 Å². The molecule has 0 saturated carbocycles. The highest BCUT2D eigenvalue weighted by Gasteiger charge is 2.33. The molecule has 1 aliphatic rings. The zero-order chi connectivity index (χ0) is 17.1. The van der Waals surface area contributed by atoms with Crippen LogP contribution in [0.1, 0.15) is 27.7 Å². The fraction of sp³-hybridized carbons (Fsp3) is 0.118. The fourth-order valence-corrected chi connectivity index (χ4v) is 3.92. The van der Waals surface area contributed by atoms with Crippen molar-refractivity contribution >= 4 is 57.5 Å². The van der Waals surface area contributed by atoms with Crippen LogP contribution in [0.2, 0.25) is 0 Å². The minimum Gasteiger partial charge on any atom is -0.266 e. The standard InChI is InChI=1S/C17H14N2O2S3/c1-2-11-5-7-12(8-6-11)10-14-16(21)19(17(22)24-14)18-15(20)13-4-3-9-23-13/h3-10H,2H2,1H3,(H,18,20)/b14-10-. The van der Waals surface area contributed by atoms with Crippen LogP contribution in [0.5, 0.6) is 0 Å². The molecule has 1 aromatic heterocycles. The van der Waals surface area contributed by atoms with Crippen molar-refractivity contribution in [3.05, 3.63) is 62.7 Å². The largest absolute Gasteiger partial charge is 0.285 e. The van der Waals surface area contributed by atoms with Gasteiger partial charge in [0.2, 0.25) is 0 Å². The zero-order valence-corrected chi connectivity index (χ0v) is 15.3. The van der Waals surface area contributed by atoms with E-state index in [1.165, 1.54) is 28.7 Å². The molecule has 0 spiro atoms. The number of benzene rings is 1. The molecule has 122 valence electrons. The van der Waals surface area contributed by atoms with Crippen LogP contribution in [0.4, 0.5) is 0 Å². The maximum atomic E-state index is 12.5. The highest BCUT2D eigenvalue weighted by molar-refractivity contribution is 8.26. The molecule has 1 fully saturated rings. The molecular formula is C17H14N2O2S3. The summed E-state index contributed by atoms with van der Waals surface area (Å²) in [6.07, 6.45) is 2.76. The second-order valence-electron chi connectivity index (χ2n) is 5.03. The highest BCUT2D eigenvalue weighted by Crippen LogP contribution is 2.31. The lowest BCUT2D eigenvalue weighted by Gasteiger charge is -2.14.